The zero-order chi connectivity index (χ0) is 26.2. The zero-order valence-electron chi connectivity index (χ0n) is 20.3. The van der Waals surface area contributed by atoms with Gasteiger partial charge in [0.05, 0.1) is 28.4 Å². The Labute approximate surface area is 220 Å². The minimum atomic E-state index is -0.777. The lowest BCUT2D eigenvalue weighted by Crippen LogP contribution is -2.51. The molecule has 0 saturated carbocycles. The Balaban J connectivity index is 1.20. The van der Waals surface area contributed by atoms with Gasteiger partial charge < -0.3 is 20.2 Å². The third-order valence-electron chi connectivity index (χ3n) is 6.41. The summed E-state index contributed by atoms with van der Waals surface area (Å²) in [6.07, 6.45) is 7.60. The smallest absolute Gasteiger partial charge is 0.295 e. The summed E-state index contributed by atoms with van der Waals surface area (Å²) < 4.78 is 16.6. The van der Waals surface area contributed by atoms with Gasteiger partial charge in [0.2, 0.25) is 11.1 Å². The Morgan fingerprint density at radius 3 is 2.61 bits per heavy atom. The Bertz CT molecular complexity index is 1540. The molecule has 5 heterocycles. The fourth-order valence-corrected chi connectivity index (χ4v) is 4.86. The summed E-state index contributed by atoms with van der Waals surface area (Å²) in [6, 6.07) is 9.71. The number of hydrazine groups is 2. The number of Topliss-reactive ketones (excluding diaryl/α,β-unsaturated/α-hetero) is 1. The van der Waals surface area contributed by atoms with Crippen LogP contribution in [0.5, 0.6) is 0 Å². The first-order valence-electron chi connectivity index (χ1n) is 11.8. The predicted molar refractivity (Wildman–Crippen MR) is 140 cm³/mol. The number of fused-ring (bicyclic) bond motifs is 1. The molecule has 1 fully saturated rings. The maximum Gasteiger partial charge on any atom is 0.295 e. The van der Waals surface area contributed by atoms with E-state index in [-0.39, 0.29) is 10.9 Å². The van der Waals surface area contributed by atoms with Crippen molar-refractivity contribution in [2.75, 3.05) is 42.3 Å². The van der Waals surface area contributed by atoms with Crippen LogP contribution in [0.25, 0.3) is 16.6 Å². The highest BCUT2D eigenvalue weighted by molar-refractivity contribution is 7.98. The number of halogens is 1. The van der Waals surface area contributed by atoms with Crippen molar-refractivity contribution < 1.29 is 14.0 Å². The first kappa shape index (κ1) is 23.9. The zero-order valence-corrected chi connectivity index (χ0v) is 21.1. The van der Waals surface area contributed by atoms with Gasteiger partial charge in [0.25, 0.3) is 11.7 Å². The first-order valence-corrected chi connectivity index (χ1v) is 13.1. The van der Waals surface area contributed by atoms with E-state index in [0.29, 0.717) is 48.6 Å². The van der Waals surface area contributed by atoms with Gasteiger partial charge in [-0.15, -0.1) is 10.6 Å². The Kier molecular flexibility index (Phi) is 6.17. The summed E-state index contributed by atoms with van der Waals surface area (Å²) in [5, 5.41) is 6.79. The minimum absolute atomic E-state index is 0.0228. The standard InChI is InChI=1S/C24H23FN10O2S/c1-38-23-29-24(35(30-23)15-5-3-2-4-6-15)33-11-9-32(10-12-33)22(37)20(36)16-13-26-19-18(16)17(25)14-27-21(19)34-8-7-28-31-34/h2-8,13-14,26,28,31H,9-12H2,1H3. The predicted octanol–water partition coefficient (Wildman–Crippen LogP) is 1.84. The number of benzene rings is 1. The van der Waals surface area contributed by atoms with Crippen LogP contribution in [-0.2, 0) is 4.79 Å². The minimum Gasteiger partial charge on any atom is -0.357 e. The van der Waals surface area contributed by atoms with Gasteiger partial charge in [-0.3, -0.25) is 9.59 Å². The topological polar surface area (TPSA) is 127 Å². The maximum atomic E-state index is 14.8. The Morgan fingerprint density at radius 2 is 1.89 bits per heavy atom. The van der Waals surface area contributed by atoms with Crippen LogP contribution in [-0.4, -0.2) is 73.8 Å². The van der Waals surface area contributed by atoms with Crippen LogP contribution >= 0.6 is 11.8 Å². The summed E-state index contributed by atoms with van der Waals surface area (Å²) >= 11 is 1.45. The van der Waals surface area contributed by atoms with E-state index in [1.54, 1.807) is 17.1 Å². The van der Waals surface area contributed by atoms with E-state index in [1.807, 2.05) is 41.5 Å². The third-order valence-corrected chi connectivity index (χ3v) is 6.94. The number of nitrogens with zero attached hydrogens (tertiary/aromatic N) is 7. The van der Waals surface area contributed by atoms with E-state index in [2.05, 4.69) is 31.0 Å². The highest BCUT2D eigenvalue weighted by Crippen LogP contribution is 2.29. The van der Waals surface area contributed by atoms with Crippen LogP contribution in [0.3, 0.4) is 0 Å². The average Bonchev–Trinajstić information content (AvgIpc) is 3.73. The average molecular weight is 535 g/mol. The van der Waals surface area contributed by atoms with Crippen molar-refractivity contribution in [3.8, 4) is 5.69 Å². The third kappa shape index (κ3) is 4.13. The second-order valence-corrected chi connectivity index (χ2v) is 9.35. The molecular formula is C24H23FN10O2S. The Hall–Kier alpha value is -4.43. The lowest BCUT2D eigenvalue weighted by molar-refractivity contribution is -0.126. The second-order valence-electron chi connectivity index (χ2n) is 8.58. The van der Waals surface area contributed by atoms with Crippen LogP contribution in [0.15, 0.2) is 60.3 Å². The molecule has 0 radical (unpaired) electrons. The fraction of sp³-hybridized carbons (Fsp3) is 0.208. The molecule has 0 unspecified atom stereocenters. The van der Waals surface area contributed by atoms with Crippen LogP contribution < -0.4 is 20.9 Å². The van der Waals surface area contributed by atoms with Crippen molar-refractivity contribution in [3.05, 3.63) is 66.5 Å². The van der Waals surface area contributed by atoms with Gasteiger partial charge in [-0.25, -0.2) is 14.4 Å². The van der Waals surface area contributed by atoms with E-state index in [4.69, 9.17) is 0 Å². The molecule has 0 atom stereocenters. The van der Waals surface area contributed by atoms with Crippen LogP contribution in [0.1, 0.15) is 10.4 Å². The van der Waals surface area contributed by atoms with E-state index in [1.165, 1.54) is 27.9 Å². The number of ketones is 1. The number of thioether (sulfide) groups is 1. The number of pyridine rings is 1. The Morgan fingerprint density at radius 1 is 1.11 bits per heavy atom. The molecule has 1 amide bonds. The lowest BCUT2D eigenvalue weighted by Gasteiger charge is -2.34. The number of aromatic nitrogens is 5. The molecule has 4 aromatic rings. The summed E-state index contributed by atoms with van der Waals surface area (Å²) in [4.78, 5) is 41.6. The summed E-state index contributed by atoms with van der Waals surface area (Å²) in [6.45, 7) is 1.56. The summed E-state index contributed by atoms with van der Waals surface area (Å²) in [7, 11) is 0. The number of anilines is 2. The molecule has 3 N–H and O–H groups in total. The van der Waals surface area contributed by atoms with Gasteiger partial charge in [-0.2, -0.15) is 9.67 Å². The number of piperazine rings is 1. The van der Waals surface area contributed by atoms with Crippen LogP contribution in [0, 0.1) is 5.82 Å². The van der Waals surface area contributed by atoms with Crippen LogP contribution in [0.2, 0.25) is 0 Å². The second kappa shape index (κ2) is 9.79. The molecular weight excluding hydrogens is 511 g/mol. The van der Waals surface area contributed by atoms with E-state index in [0.717, 1.165) is 11.9 Å². The van der Waals surface area contributed by atoms with Gasteiger partial charge in [0.1, 0.15) is 0 Å². The van der Waals surface area contributed by atoms with Gasteiger partial charge in [0, 0.05) is 44.8 Å². The van der Waals surface area contributed by atoms with Crippen molar-refractivity contribution in [2.45, 2.75) is 5.16 Å². The number of aromatic amines is 1. The number of hydrogen-bond donors (Lipinski definition) is 3. The lowest BCUT2D eigenvalue weighted by atomic mass is 10.1. The molecule has 14 heteroatoms. The van der Waals surface area contributed by atoms with E-state index in [9.17, 15) is 14.0 Å². The van der Waals surface area contributed by atoms with Gasteiger partial charge >= 0.3 is 0 Å². The van der Waals surface area contributed by atoms with Crippen molar-refractivity contribution in [2.24, 2.45) is 0 Å². The van der Waals surface area contributed by atoms with Crippen molar-refractivity contribution in [1.29, 1.82) is 0 Å². The molecule has 12 nitrogen and oxygen atoms in total. The molecule has 1 aromatic carbocycles. The SMILES string of the molecule is CSc1nc(N2CCN(C(=O)C(=O)c3c[nH]c4c(N5C=CNN5)ncc(F)c34)CC2)n(-c2ccccc2)n1. The highest BCUT2D eigenvalue weighted by atomic mass is 32.2. The number of rotatable bonds is 6. The maximum absolute atomic E-state index is 14.8. The summed E-state index contributed by atoms with van der Waals surface area (Å²) in [5.41, 5.74) is 6.76. The normalized spacial score (nSPS) is 15.4. The van der Waals surface area contributed by atoms with Gasteiger partial charge in [0.15, 0.2) is 11.6 Å². The van der Waals surface area contributed by atoms with Crippen molar-refractivity contribution >= 4 is 46.1 Å². The molecule has 6 rings (SSSR count). The van der Waals surface area contributed by atoms with Gasteiger partial charge in [-0.1, -0.05) is 30.0 Å². The van der Waals surface area contributed by atoms with E-state index < -0.39 is 17.5 Å². The number of amides is 1. The quantitative estimate of drug-likeness (QED) is 0.192. The van der Waals surface area contributed by atoms with Crippen molar-refractivity contribution in [1.82, 2.24) is 40.6 Å². The fourth-order valence-electron chi connectivity index (χ4n) is 4.52. The van der Waals surface area contributed by atoms with Gasteiger partial charge in [-0.05, 0) is 18.4 Å². The monoisotopic (exact) mass is 534 g/mol. The van der Waals surface area contributed by atoms with Crippen molar-refractivity contribution in [3.63, 3.8) is 0 Å². The highest BCUT2D eigenvalue weighted by Gasteiger charge is 2.31. The largest absolute Gasteiger partial charge is 0.357 e. The molecule has 2 aliphatic rings. The molecule has 2 aliphatic heterocycles. The molecule has 1 saturated heterocycles. The van der Waals surface area contributed by atoms with Crippen LogP contribution in [0.4, 0.5) is 16.2 Å². The molecule has 194 valence electrons. The molecule has 0 bridgehead atoms. The number of H-pyrrole nitrogens is 1. The molecule has 38 heavy (non-hydrogen) atoms. The van der Waals surface area contributed by atoms with E-state index >= 15 is 0 Å². The molecule has 0 spiro atoms. The summed E-state index contributed by atoms with van der Waals surface area (Å²) in [5.74, 6) is -1.11. The number of para-hydroxylation sites is 1. The first-order chi connectivity index (χ1) is 18.5. The molecule has 0 aliphatic carbocycles. The number of carbonyl (C=O) groups is 2. The number of nitrogens with one attached hydrogen (secondary N) is 3. The number of hydrogen-bond acceptors (Lipinski definition) is 10. The molecule has 3 aromatic heterocycles. The number of carbonyl (C=O) groups excluding carboxylic acids is 2.